The molecule has 1 aromatic heterocycles. The molecule has 1 aliphatic heterocycles. The number of piperidine rings is 1. The molecular formula is C14H22N4. The lowest BCUT2D eigenvalue weighted by Crippen LogP contribution is -2.37. The van der Waals surface area contributed by atoms with E-state index in [4.69, 9.17) is 5.73 Å². The first-order chi connectivity index (χ1) is 8.88. The van der Waals surface area contributed by atoms with Crippen LogP contribution in [0.1, 0.15) is 36.9 Å². The molecule has 3 rings (SSSR count). The van der Waals surface area contributed by atoms with Crippen LogP contribution in [-0.4, -0.2) is 29.6 Å². The Morgan fingerprint density at radius 3 is 2.72 bits per heavy atom. The van der Waals surface area contributed by atoms with Gasteiger partial charge in [-0.05, 0) is 51.0 Å². The van der Waals surface area contributed by atoms with Gasteiger partial charge in [-0.2, -0.15) is 0 Å². The molecule has 4 nitrogen and oxygen atoms in total. The lowest BCUT2D eigenvalue weighted by Gasteiger charge is -2.34. The predicted octanol–water partition coefficient (Wildman–Crippen LogP) is 1.53. The summed E-state index contributed by atoms with van der Waals surface area (Å²) in [6.45, 7) is 3.03. The van der Waals surface area contributed by atoms with E-state index < -0.39 is 0 Å². The van der Waals surface area contributed by atoms with Gasteiger partial charge in [0.2, 0.25) is 0 Å². The molecule has 2 aliphatic rings. The van der Waals surface area contributed by atoms with Crippen molar-refractivity contribution in [3.8, 4) is 0 Å². The van der Waals surface area contributed by atoms with E-state index in [9.17, 15) is 0 Å². The molecule has 2 heterocycles. The summed E-state index contributed by atoms with van der Waals surface area (Å²) in [5, 5.41) is 0. The molecule has 0 aromatic carbocycles. The lowest BCUT2D eigenvalue weighted by molar-refractivity contribution is 0.412. The molecule has 0 bridgehead atoms. The molecular weight excluding hydrogens is 224 g/mol. The second-order valence-electron chi connectivity index (χ2n) is 5.50. The van der Waals surface area contributed by atoms with Crippen LogP contribution >= 0.6 is 0 Å². The average molecular weight is 246 g/mol. The molecule has 4 heteroatoms. The second-order valence-corrected chi connectivity index (χ2v) is 5.50. The fraction of sp³-hybridized carbons (Fsp3) is 0.714. The van der Waals surface area contributed by atoms with Crippen molar-refractivity contribution in [2.45, 2.75) is 38.5 Å². The lowest BCUT2D eigenvalue weighted by atomic mass is 9.94. The third-order valence-corrected chi connectivity index (χ3v) is 4.35. The minimum absolute atomic E-state index is 0.707. The van der Waals surface area contributed by atoms with Crippen LogP contribution in [0.3, 0.4) is 0 Å². The first-order valence-electron chi connectivity index (χ1n) is 7.16. The van der Waals surface area contributed by atoms with Gasteiger partial charge in [-0.25, -0.2) is 9.97 Å². The smallest absolute Gasteiger partial charge is 0.135 e. The maximum absolute atomic E-state index is 5.75. The van der Waals surface area contributed by atoms with Gasteiger partial charge in [-0.3, -0.25) is 0 Å². The van der Waals surface area contributed by atoms with Crippen molar-refractivity contribution in [1.82, 2.24) is 9.97 Å². The number of rotatable bonds is 2. The Morgan fingerprint density at radius 2 is 1.94 bits per heavy atom. The zero-order valence-corrected chi connectivity index (χ0v) is 10.9. The highest BCUT2D eigenvalue weighted by Gasteiger charge is 2.23. The molecule has 0 atom stereocenters. The Bertz CT molecular complexity index is 410. The second kappa shape index (κ2) is 5.22. The van der Waals surface area contributed by atoms with E-state index in [1.807, 2.05) is 0 Å². The molecule has 0 spiro atoms. The third kappa shape index (κ3) is 2.21. The fourth-order valence-corrected chi connectivity index (χ4v) is 3.16. The molecule has 1 fully saturated rings. The number of nitrogens with zero attached hydrogens (tertiary/aromatic N) is 3. The van der Waals surface area contributed by atoms with E-state index in [1.165, 1.54) is 42.8 Å². The van der Waals surface area contributed by atoms with Gasteiger partial charge in [0.25, 0.3) is 0 Å². The Hall–Kier alpha value is -1.16. The van der Waals surface area contributed by atoms with Crippen molar-refractivity contribution in [2.75, 3.05) is 24.5 Å². The van der Waals surface area contributed by atoms with E-state index in [2.05, 4.69) is 14.9 Å². The molecule has 1 aliphatic carbocycles. The zero-order valence-electron chi connectivity index (χ0n) is 10.9. The topological polar surface area (TPSA) is 55.0 Å². The third-order valence-electron chi connectivity index (χ3n) is 4.35. The molecule has 1 aromatic rings. The van der Waals surface area contributed by atoms with Crippen molar-refractivity contribution in [1.29, 1.82) is 0 Å². The summed E-state index contributed by atoms with van der Waals surface area (Å²) in [5.41, 5.74) is 8.45. The average Bonchev–Trinajstić information content (AvgIpc) is 2.47. The zero-order chi connectivity index (χ0) is 12.4. The number of nitrogens with two attached hydrogens (primary N) is 1. The van der Waals surface area contributed by atoms with Gasteiger partial charge >= 0.3 is 0 Å². The molecule has 18 heavy (non-hydrogen) atoms. The Labute approximate surface area is 109 Å². The summed E-state index contributed by atoms with van der Waals surface area (Å²) < 4.78 is 0. The molecule has 2 N–H and O–H groups in total. The number of aromatic nitrogens is 2. The molecule has 0 unspecified atom stereocenters. The van der Waals surface area contributed by atoms with Crippen LogP contribution in [-0.2, 0) is 12.8 Å². The molecule has 0 saturated carbocycles. The van der Waals surface area contributed by atoms with E-state index in [0.717, 1.165) is 32.5 Å². The van der Waals surface area contributed by atoms with Gasteiger partial charge < -0.3 is 10.6 Å². The normalized spacial score (nSPS) is 20.8. The Balaban J connectivity index is 1.80. The minimum atomic E-state index is 0.707. The van der Waals surface area contributed by atoms with E-state index >= 15 is 0 Å². The van der Waals surface area contributed by atoms with Crippen LogP contribution in [0.15, 0.2) is 6.33 Å². The van der Waals surface area contributed by atoms with Gasteiger partial charge in [0.15, 0.2) is 0 Å². The number of hydrogen-bond donors (Lipinski definition) is 1. The van der Waals surface area contributed by atoms with Crippen LogP contribution in [0.25, 0.3) is 0 Å². The standard InChI is InChI=1S/C14H22N4/c15-9-11-5-7-18(8-6-11)14-12-3-1-2-4-13(12)16-10-17-14/h10-11H,1-9,15H2. The fourth-order valence-electron chi connectivity index (χ4n) is 3.16. The maximum Gasteiger partial charge on any atom is 0.135 e. The van der Waals surface area contributed by atoms with Crippen molar-refractivity contribution in [3.63, 3.8) is 0 Å². The van der Waals surface area contributed by atoms with Crippen LogP contribution in [0.4, 0.5) is 5.82 Å². The number of fused-ring (bicyclic) bond motifs is 1. The molecule has 98 valence electrons. The molecule has 0 radical (unpaired) electrons. The van der Waals surface area contributed by atoms with Crippen molar-refractivity contribution >= 4 is 5.82 Å². The first-order valence-corrected chi connectivity index (χ1v) is 7.16. The summed E-state index contributed by atoms with van der Waals surface area (Å²) in [7, 11) is 0. The van der Waals surface area contributed by atoms with Crippen molar-refractivity contribution in [3.05, 3.63) is 17.6 Å². The SMILES string of the molecule is NCC1CCN(c2ncnc3c2CCCC3)CC1. The first kappa shape index (κ1) is 11.9. The Morgan fingerprint density at radius 1 is 1.17 bits per heavy atom. The largest absolute Gasteiger partial charge is 0.356 e. The summed E-state index contributed by atoms with van der Waals surface area (Å²) in [4.78, 5) is 11.4. The minimum Gasteiger partial charge on any atom is -0.356 e. The van der Waals surface area contributed by atoms with Crippen LogP contribution in [0, 0.1) is 5.92 Å². The van der Waals surface area contributed by atoms with Gasteiger partial charge in [0, 0.05) is 24.3 Å². The number of anilines is 1. The summed E-state index contributed by atoms with van der Waals surface area (Å²) in [6, 6.07) is 0. The predicted molar refractivity (Wildman–Crippen MR) is 72.7 cm³/mol. The van der Waals surface area contributed by atoms with E-state index in [0.29, 0.717) is 5.92 Å². The summed E-state index contributed by atoms with van der Waals surface area (Å²) >= 11 is 0. The van der Waals surface area contributed by atoms with Gasteiger partial charge in [0.1, 0.15) is 12.1 Å². The van der Waals surface area contributed by atoms with E-state index in [-0.39, 0.29) is 0 Å². The van der Waals surface area contributed by atoms with Gasteiger partial charge in [0.05, 0.1) is 0 Å². The highest BCUT2D eigenvalue weighted by atomic mass is 15.2. The summed E-state index contributed by atoms with van der Waals surface area (Å²) in [6.07, 6.45) is 9.00. The number of aryl methyl sites for hydroxylation is 1. The monoisotopic (exact) mass is 246 g/mol. The molecule has 0 amide bonds. The van der Waals surface area contributed by atoms with Crippen molar-refractivity contribution < 1.29 is 0 Å². The Kier molecular flexibility index (Phi) is 3.46. The summed E-state index contributed by atoms with van der Waals surface area (Å²) in [5.74, 6) is 1.91. The van der Waals surface area contributed by atoms with Gasteiger partial charge in [-0.1, -0.05) is 0 Å². The quantitative estimate of drug-likeness (QED) is 0.860. The van der Waals surface area contributed by atoms with Crippen LogP contribution in [0.5, 0.6) is 0 Å². The van der Waals surface area contributed by atoms with E-state index in [1.54, 1.807) is 6.33 Å². The molecule has 1 saturated heterocycles. The van der Waals surface area contributed by atoms with Gasteiger partial charge in [-0.15, -0.1) is 0 Å². The van der Waals surface area contributed by atoms with Crippen molar-refractivity contribution in [2.24, 2.45) is 11.7 Å². The number of hydrogen-bond acceptors (Lipinski definition) is 4. The highest BCUT2D eigenvalue weighted by Crippen LogP contribution is 2.29. The van der Waals surface area contributed by atoms with Crippen LogP contribution in [0.2, 0.25) is 0 Å². The maximum atomic E-state index is 5.75. The highest BCUT2D eigenvalue weighted by molar-refractivity contribution is 5.49. The van der Waals surface area contributed by atoms with Crippen LogP contribution < -0.4 is 10.6 Å².